The fraction of sp³-hybridized carbons (Fsp3) is 0.143. The smallest absolute Gasteiger partial charge is 0.351 e. The zero-order valence-corrected chi connectivity index (χ0v) is 16.2. The third-order valence-corrected chi connectivity index (χ3v) is 7.47. The van der Waals surface area contributed by atoms with E-state index in [2.05, 4.69) is 35.6 Å². The van der Waals surface area contributed by atoms with Crippen LogP contribution in [0.3, 0.4) is 0 Å². The van der Waals surface area contributed by atoms with E-state index < -0.39 is 10.7 Å². The summed E-state index contributed by atoms with van der Waals surface area (Å²) in [6.45, 7) is 0.589. The predicted molar refractivity (Wildman–Crippen MR) is 109 cm³/mol. The molecule has 0 bridgehead atoms. The molecule has 1 aromatic heterocycles. The van der Waals surface area contributed by atoms with Crippen LogP contribution in [0.4, 0.5) is 0 Å². The molecule has 1 fully saturated rings. The third-order valence-electron chi connectivity index (χ3n) is 4.57. The minimum Gasteiger partial charge on any atom is -0.465 e. The Morgan fingerprint density at radius 2 is 1.93 bits per heavy atom. The Hall–Kier alpha value is -2.75. The van der Waals surface area contributed by atoms with Gasteiger partial charge in [-0.1, -0.05) is 60.3 Å². The summed E-state index contributed by atoms with van der Waals surface area (Å²) in [5.41, 5.74) is 1.15. The van der Waals surface area contributed by atoms with Crippen molar-refractivity contribution in [3.05, 3.63) is 81.7 Å². The van der Waals surface area contributed by atoms with Gasteiger partial charge in [-0.05, 0) is 23.1 Å². The molecule has 0 aliphatic carbocycles. The van der Waals surface area contributed by atoms with Crippen LogP contribution in [-0.4, -0.2) is 19.6 Å². The van der Waals surface area contributed by atoms with Crippen LogP contribution in [0.25, 0.3) is 10.1 Å². The van der Waals surface area contributed by atoms with E-state index in [9.17, 15) is 10.1 Å². The summed E-state index contributed by atoms with van der Waals surface area (Å²) < 4.78 is 5.58. The Morgan fingerprint density at radius 1 is 1.19 bits per heavy atom. The van der Waals surface area contributed by atoms with Crippen molar-refractivity contribution in [1.82, 2.24) is 5.32 Å². The third kappa shape index (κ3) is 2.99. The molecule has 1 aliphatic rings. The summed E-state index contributed by atoms with van der Waals surface area (Å²) in [7, 11) is 1.29. The number of nitrogens with one attached hydrogen (secondary N) is 1. The average molecular weight is 393 g/mol. The molecule has 3 aromatic rings. The first kappa shape index (κ1) is 17.7. The van der Waals surface area contributed by atoms with Gasteiger partial charge in [0.2, 0.25) is 0 Å². The number of esters is 1. The summed E-state index contributed by atoms with van der Waals surface area (Å²) in [5, 5.41) is 14.5. The first-order valence-corrected chi connectivity index (χ1v) is 10.0. The number of nitriles is 1. The number of fused-ring (bicyclic) bond motifs is 1. The van der Waals surface area contributed by atoms with Crippen LogP contribution < -0.4 is 5.32 Å². The van der Waals surface area contributed by atoms with E-state index in [4.69, 9.17) is 4.74 Å². The number of ether oxygens (including phenoxy) is 1. The molecule has 0 saturated carbocycles. The number of rotatable bonds is 3. The largest absolute Gasteiger partial charge is 0.465 e. The Balaban J connectivity index is 1.88. The van der Waals surface area contributed by atoms with Gasteiger partial charge in [0, 0.05) is 16.1 Å². The molecule has 0 amide bonds. The number of hydrogen-bond acceptors (Lipinski definition) is 6. The molecular weight excluding hydrogens is 376 g/mol. The van der Waals surface area contributed by atoms with Gasteiger partial charge < -0.3 is 10.1 Å². The van der Waals surface area contributed by atoms with Crippen LogP contribution in [-0.2, 0) is 14.3 Å². The number of methoxy groups -OCH3 is 1. The summed E-state index contributed by atoms with van der Waals surface area (Å²) in [6, 6.07) is 22.7. The minimum absolute atomic E-state index is 0.0152. The zero-order valence-electron chi connectivity index (χ0n) is 14.6. The molecule has 1 aliphatic heterocycles. The number of thiophene rings is 1. The second-order valence-corrected chi connectivity index (χ2v) is 8.50. The fourth-order valence-corrected chi connectivity index (χ4v) is 5.91. The second-order valence-electron chi connectivity index (χ2n) is 6.10. The van der Waals surface area contributed by atoms with Gasteiger partial charge >= 0.3 is 5.97 Å². The van der Waals surface area contributed by atoms with Crippen molar-refractivity contribution in [3.63, 3.8) is 0 Å². The van der Waals surface area contributed by atoms with Crippen LogP contribution in [0.1, 0.15) is 10.4 Å². The number of carbonyl (C=O) groups excluding carboxylic acids is 1. The van der Waals surface area contributed by atoms with E-state index in [0.29, 0.717) is 11.6 Å². The number of carbonyl (C=O) groups is 1. The van der Waals surface area contributed by atoms with Gasteiger partial charge in [0.1, 0.15) is 6.07 Å². The molecule has 1 saturated heterocycles. The van der Waals surface area contributed by atoms with Gasteiger partial charge in [-0.3, -0.25) is 0 Å². The highest BCUT2D eigenvalue weighted by Crippen LogP contribution is 2.53. The molecule has 1 N–H and O–H groups in total. The molecule has 2 aromatic carbocycles. The maximum atomic E-state index is 12.0. The van der Waals surface area contributed by atoms with Crippen molar-refractivity contribution >= 4 is 39.2 Å². The van der Waals surface area contributed by atoms with Gasteiger partial charge in [-0.15, -0.1) is 11.3 Å². The van der Waals surface area contributed by atoms with Gasteiger partial charge in [0.25, 0.3) is 0 Å². The van der Waals surface area contributed by atoms with E-state index in [1.807, 2.05) is 36.4 Å². The first-order valence-electron chi connectivity index (χ1n) is 8.38. The highest BCUT2D eigenvalue weighted by molar-refractivity contribution is 8.04. The molecule has 0 radical (unpaired) electrons. The van der Waals surface area contributed by atoms with Gasteiger partial charge in [-0.25, -0.2) is 4.79 Å². The van der Waals surface area contributed by atoms with Crippen molar-refractivity contribution in [1.29, 1.82) is 5.26 Å². The Labute approximate surface area is 165 Å². The Kier molecular flexibility index (Phi) is 4.65. The standard InChI is InChI=1S/C21H16N2O2S2/c1-25-20(24)16(12-22)19-23-13-21(27-19,15-8-3-2-4-9-15)18-11-14-7-5-6-10-17(14)26-18/h2-11,23H,13H2,1H3/b19-16+. The topological polar surface area (TPSA) is 62.1 Å². The quantitative estimate of drug-likeness (QED) is 0.407. The maximum Gasteiger partial charge on any atom is 0.351 e. The highest BCUT2D eigenvalue weighted by Gasteiger charge is 2.44. The predicted octanol–water partition coefficient (Wildman–Crippen LogP) is 4.39. The average Bonchev–Trinajstić information content (AvgIpc) is 3.34. The van der Waals surface area contributed by atoms with Gasteiger partial charge in [0.15, 0.2) is 5.57 Å². The summed E-state index contributed by atoms with van der Waals surface area (Å²) in [5.74, 6) is -0.618. The van der Waals surface area contributed by atoms with Crippen LogP contribution >= 0.6 is 23.1 Å². The Morgan fingerprint density at radius 3 is 2.63 bits per heavy atom. The molecule has 134 valence electrons. The lowest BCUT2D eigenvalue weighted by molar-refractivity contribution is -0.135. The summed E-state index contributed by atoms with van der Waals surface area (Å²) in [4.78, 5) is 13.2. The molecule has 1 unspecified atom stereocenters. The van der Waals surface area contributed by atoms with Gasteiger partial charge in [-0.2, -0.15) is 5.26 Å². The van der Waals surface area contributed by atoms with E-state index in [1.54, 1.807) is 11.3 Å². The molecule has 4 rings (SSSR count). The van der Waals surface area contributed by atoms with Crippen LogP contribution in [0.5, 0.6) is 0 Å². The van der Waals surface area contributed by atoms with E-state index in [1.165, 1.54) is 33.8 Å². The molecular formula is C21H16N2O2S2. The van der Waals surface area contributed by atoms with E-state index in [0.717, 1.165) is 5.56 Å². The van der Waals surface area contributed by atoms with Crippen molar-refractivity contribution < 1.29 is 9.53 Å². The molecule has 1 atom stereocenters. The molecule has 4 nitrogen and oxygen atoms in total. The number of nitrogens with zero attached hydrogens (tertiary/aromatic N) is 1. The summed E-state index contributed by atoms with van der Waals surface area (Å²) in [6.07, 6.45) is 0. The normalized spacial score (nSPS) is 20.7. The maximum absolute atomic E-state index is 12.0. The lowest BCUT2D eigenvalue weighted by atomic mass is 9.96. The molecule has 6 heteroatoms. The fourth-order valence-electron chi connectivity index (χ4n) is 3.21. The molecule has 0 spiro atoms. The van der Waals surface area contributed by atoms with Crippen molar-refractivity contribution in [2.24, 2.45) is 0 Å². The second kappa shape index (κ2) is 7.10. The molecule has 27 heavy (non-hydrogen) atoms. The number of thioether (sulfide) groups is 1. The van der Waals surface area contributed by atoms with Crippen LogP contribution in [0.15, 0.2) is 71.3 Å². The van der Waals surface area contributed by atoms with Crippen molar-refractivity contribution in [2.45, 2.75) is 4.75 Å². The zero-order chi connectivity index (χ0) is 18.9. The van der Waals surface area contributed by atoms with Gasteiger partial charge in [0.05, 0.1) is 16.9 Å². The van der Waals surface area contributed by atoms with E-state index >= 15 is 0 Å². The first-order chi connectivity index (χ1) is 13.2. The molecule has 2 heterocycles. The highest BCUT2D eigenvalue weighted by atomic mass is 32.2. The summed E-state index contributed by atoms with van der Waals surface area (Å²) >= 11 is 3.25. The number of hydrogen-bond donors (Lipinski definition) is 1. The van der Waals surface area contributed by atoms with Crippen LogP contribution in [0.2, 0.25) is 0 Å². The number of benzene rings is 2. The minimum atomic E-state index is -0.618. The monoisotopic (exact) mass is 392 g/mol. The van der Waals surface area contributed by atoms with Crippen LogP contribution in [0, 0.1) is 11.3 Å². The SMILES string of the molecule is COC(=O)/C(C#N)=C1\NCC(c2ccccc2)(c2cc3ccccc3s2)S1. The lowest BCUT2D eigenvalue weighted by Crippen LogP contribution is -2.27. The Bertz CT molecular complexity index is 1050. The van der Waals surface area contributed by atoms with E-state index in [-0.39, 0.29) is 5.57 Å². The van der Waals surface area contributed by atoms with Crippen molar-refractivity contribution in [3.8, 4) is 6.07 Å². The lowest BCUT2D eigenvalue weighted by Gasteiger charge is -2.26. The van der Waals surface area contributed by atoms with Crippen molar-refractivity contribution in [2.75, 3.05) is 13.7 Å².